The van der Waals surface area contributed by atoms with Crippen molar-refractivity contribution in [3.8, 4) is 5.75 Å². The first-order chi connectivity index (χ1) is 12.4. The minimum Gasteiger partial charge on any atom is -0.492 e. The standard InChI is InChI=1S/C20H28N2O4/c1-20(24,14-21(2)3)16-4-7-19-15(10-16)11-22(8-9-25-19)12-17-5-6-18(13-23)26-17/h4-7,10,23-24H,8-9,11-14H2,1-3H3. The highest BCUT2D eigenvalue weighted by atomic mass is 16.5. The van der Waals surface area contributed by atoms with Gasteiger partial charge >= 0.3 is 0 Å². The SMILES string of the molecule is CN(C)CC(C)(O)c1ccc2c(c1)CN(Cc1ccc(CO)o1)CCO2. The summed E-state index contributed by atoms with van der Waals surface area (Å²) in [6.45, 7) is 5.06. The molecule has 26 heavy (non-hydrogen) atoms. The molecule has 1 aromatic heterocycles. The predicted octanol–water partition coefficient (Wildman–Crippen LogP) is 1.94. The lowest BCUT2D eigenvalue weighted by Gasteiger charge is -2.28. The van der Waals surface area contributed by atoms with Gasteiger partial charge in [0.1, 0.15) is 30.5 Å². The Morgan fingerprint density at radius 1 is 1.19 bits per heavy atom. The van der Waals surface area contributed by atoms with Crippen molar-refractivity contribution in [2.75, 3.05) is 33.8 Å². The van der Waals surface area contributed by atoms with Crippen molar-refractivity contribution < 1.29 is 19.4 Å². The summed E-state index contributed by atoms with van der Waals surface area (Å²) in [7, 11) is 3.90. The second-order valence-electron chi connectivity index (χ2n) is 7.42. The summed E-state index contributed by atoms with van der Waals surface area (Å²) < 4.78 is 11.5. The normalized spacial score (nSPS) is 17.5. The van der Waals surface area contributed by atoms with Crippen LogP contribution < -0.4 is 4.74 Å². The summed E-state index contributed by atoms with van der Waals surface area (Å²) >= 11 is 0. The van der Waals surface area contributed by atoms with E-state index in [4.69, 9.17) is 14.3 Å². The zero-order chi connectivity index (χ0) is 18.7. The number of aliphatic hydroxyl groups excluding tert-OH is 1. The van der Waals surface area contributed by atoms with E-state index in [9.17, 15) is 5.11 Å². The van der Waals surface area contributed by atoms with Gasteiger partial charge in [0, 0.05) is 25.2 Å². The lowest BCUT2D eigenvalue weighted by atomic mass is 9.93. The molecule has 0 saturated carbocycles. The first kappa shape index (κ1) is 18.9. The lowest BCUT2D eigenvalue weighted by molar-refractivity contribution is 0.0299. The van der Waals surface area contributed by atoms with Crippen LogP contribution in [0.2, 0.25) is 0 Å². The fourth-order valence-electron chi connectivity index (χ4n) is 3.44. The van der Waals surface area contributed by atoms with Gasteiger partial charge in [-0.25, -0.2) is 0 Å². The number of likely N-dealkylation sites (N-methyl/N-ethyl adjacent to an activating group) is 1. The summed E-state index contributed by atoms with van der Waals surface area (Å²) in [6, 6.07) is 9.64. The van der Waals surface area contributed by atoms with E-state index in [0.717, 1.165) is 35.7 Å². The van der Waals surface area contributed by atoms with Crippen molar-refractivity contribution in [1.29, 1.82) is 0 Å². The Morgan fingerprint density at radius 3 is 2.65 bits per heavy atom. The van der Waals surface area contributed by atoms with Crippen molar-refractivity contribution in [2.45, 2.75) is 32.2 Å². The minimum absolute atomic E-state index is 0.0870. The van der Waals surface area contributed by atoms with Gasteiger partial charge in [0.25, 0.3) is 0 Å². The Kier molecular flexibility index (Phi) is 5.67. The molecule has 0 amide bonds. The Hall–Kier alpha value is -1.86. The fraction of sp³-hybridized carbons (Fsp3) is 0.500. The number of rotatable bonds is 6. The zero-order valence-corrected chi connectivity index (χ0v) is 15.7. The van der Waals surface area contributed by atoms with E-state index in [1.54, 1.807) is 6.07 Å². The van der Waals surface area contributed by atoms with Crippen LogP contribution in [0.3, 0.4) is 0 Å². The van der Waals surface area contributed by atoms with Crippen molar-refractivity contribution in [3.63, 3.8) is 0 Å². The van der Waals surface area contributed by atoms with Crippen LogP contribution in [-0.4, -0.2) is 53.8 Å². The fourth-order valence-corrected chi connectivity index (χ4v) is 3.44. The number of benzene rings is 1. The molecule has 1 aromatic carbocycles. The number of furan rings is 1. The molecule has 1 aliphatic rings. The van der Waals surface area contributed by atoms with Crippen LogP contribution in [0.25, 0.3) is 0 Å². The number of hydrogen-bond acceptors (Lipinski definition) is 6. The Bertz CT molecular complexity index is 739. The van der Waals surface area contributed by atoms with Crippen LogP contribution in [0.4, 0.5) is 0 Å². The van der Waals surface area contributed by atoms with Gasteiger partial charge in [0.15, 0.2) is 0 Å². The van der Waals surface area contributed by atoms with Crippen LogP contribution in [0.15, 0.2) is 34.7 Å². The number of nitrogens with zero attached hydrogens (tertiary/aromatic N) is 2. The molecule has 1 aliphatic heterocycles. The van der Waals surface area contributed by atoms with Crippen LogP contribution >= 0.6 is 0 Å². The number of hydrogen-bond donors (Lipinski definition) is 2. The number of fused-ring (bicyclic) bond motifs is 1. The van der Waals surface area contributed by atoms with Crippen molar-refractivity contribution in [2.24, 2.45) is 0 Å². The van der Waals surface area contributed by atoms with E-state index in [0.29, 0.717) is 25.5 Å². The van der Waals surface area contributed by atoms with Crippen LogP contribution in [0.1, 0.15) is 29.6 Å². The maximum absolute atomic E-state index is 10.8. The van der Waals surface area contributed by atoms with Crippen molar-refractivity contribution in [1.82, 2.24) is 9.80 Å². The van der Waals surface area contributed by atoms with Gasteiger partial charge in [0.05, 0.1) is 12.1 Å². The number of ether oxygens (including phenoxy) is 1. The third-order valence-corrected chi connectivity index (χ3v) is 4.62. The Morgan fingerprint density at radius 2 is 1.96 bits per heavy atom. The molecule has 0 spiro atoms. The van der Waals surface area contributed by atoms with E-state index in [2.05, 4.69) is 4.90 Å². The molecule has 2 aromatic rings. The molecule has 0 bridgehead atoms. The molecule has 2 heterocycles. The molecule has 0 radical (unpaired) electrons. The molecule has 0 aliphatic carbocycles. The summed E-state index contributed by atoms with van der Waals surface area (Å²) in [5.41, 5.74) is 1.02. The molecule has 142 valence electrons. The highest BCUT2D eigenvalue weighted by Crippen LogP contribution is 2.30. The monoisotopic (exact) mass is 360 g/mol. The molecular formula is C20H28N2O4. The molecule has 1 unspecified atom stereocenters. The third kappa shape index (κ3) is 4.45. The van der Waals surface area contributed by atoms with E-state index >= 15 is 0 Å². The van der Waals surface area contributed by atoms with Gasteiger partial charge in [0.2, 0.25) is 0 Å². The molecule has 2 N–H and O–H groups in total. The Balaban J connectivity index is 1.78. The first-order valence-electron chi connectivity index (χ1n) is 8.91. The summed E-state index contributed by atoms with van der Waals surface area (Å²) in [5, 5.41) is 20.0. The molecule has 0 saturated heterocycles. The zero-order valence-electron chi connectivity index (χ0n) is 15.7. The van der Waals surface area contributed by atoms with Gasteiger partial charge < -0.3 is 24.3 Å². The largest absolute Gasteiger partial charge is 0.492 e. The quantitative estimate of drug-likeness (QED) is 0.820. The van der Waals surface area contributed by atoms with Crippen molar-refractivity contribution in [3.05, 3.63) is 53.0 Å². The topological polar surface area (TPSA) is 69.3 Å². The van der Waals surface area contributed by atoms with E-state index < -0.39 is 5.60 Å². The third-order valence-electron chi connectivity index (χ3n) is 4.62. The molecular weight excluding hydrogens is 332 g/mol. The Labute approximate surface area is 154 Å². The second-order valence-corrected chi connectivity index (χ2v) is 7.42. The second kappa shape index (κ2) is 7.80. The van der Waals surface area contributed by atoms with Crippen LogP contribution in [0, 0.1) is 0 Å². The van der Waals surface area contributed by atoms with Gasteiger partial charge in [-0.15, -0.1) is 0 Å². The molecule has 1 atom stereocenters. The number of aliphatic hydroxyl groups is 2. The van der Waals surface area contributed by atoms with E-state index in [1.807, 2.05) is 50.2 Å². The maximum Gasteiger partial charge on any atom is 0.129 e. The van der Waals surface area contributed by atoms with Gasteiger partial charge in [-0.3, -0.25) is 4.90 Å². The highest BCUT2D eigenvalue weighted by molar-refractivity contribution is 5.40. The smallest absolute Gasteiger partial charge is 0.129 e. The summed E-state index contributed by atoms with van der Waals surface area (Å²) in [4.78, 5) is 4.22. The van der Waals surface area contributed by atoms with Gasteiger partial charge in [-0.05, 0) is 50.8 Å². The summed E-state index contributed by atoms with van der Waals surface area (Å²) in [6.07, 6.45) is 0. The van der Waals surface area contributed by atoms with Gasteiger partial charge in [-0.2, -0.15) is 0 Å². The van der Waals surface area contributed by atoms with E-state index in [-0.39, 0.29) is 6.61 Å². The highest BCUT2D eigenvalue weighted by Gasteiger charge is 2.26. The molecule has 6 heteroatoms. The van der Waals surface area contributed by atoms with Crippen LogP contribution in [0.5, 0.6) is 5.75 Å². The molecule has 6 nitrogen and oxygen atoms in total. The lowest BCUT2D eigenvalue weighted by Crippen LogP contribution is -2.34. The average molecular weight is 360 g/mol. The van der Waals surface area contributed by atoms with Crippen LogP contribution in [-0.2, 0) is 25.3 Å². The van der Waals surface area contributed by atoms with Gasteiger partial charge in [-0.1, -0.05) is 6.07 Å². The molecule has 3 rings (SSSR count). The van der Waals surface area contributed by atoms with E-state index in [1.165, 1.54) is 0 Å². The molecule has 0 fully saturated rings. The van der Waals surface area contributed by atoms with Crippen molar-refractivity contribution >= 4 is 0 Å². The predicted molar refractivity (Wildman–Crippen MR) is 98.8 cm³/mol. The minimum atomic E-state index is -0.924. The average Bonchev–Trinajstić information content (AvgIpc) is 2.92. The first-order valence-corrected chi connectivity index (χ1v) is 8.91. The maximum atomic E-state index is 10.8. The summed E-state index contributed by atoms with van der Waals surface area (Å²) in [5.74, 6) is 2.27.